The average molecular weight is 939 g/mol. The van der Waals surface area contributed by atoms with E-state index in [0.29, 0.717) is 0 Å². The van der Waals surface area contributed by atoms with Gasteiger partial charge in [0.2, 0.25) is 0 Å². The molecule has 1 heterocycles. The molecule has 0 amide bonds. The van der Waals surface area contributed by atoms with Crippen molar-refractivity contribution in [2.24, 2.45) is 0 Å². The van der Waals surface area contributed by atoms with Crippen LogP contribution >= 0.6 is 11.8 Å². The fourth-order valence-electron chi connectivity index (χ4n) is 12.8. The molecule has 0 saturated carbocycles. The fourth-order valence-corrected chi connectivity index (χ4v) is 14.0. The maximum atomic E-state index is 4.22. The van der Waals surface area contributed by atoms with Crippen LogP contribution in [0.2, 0.25) is 0 Å². The highest BCUT2D eigenvalue weighted by atomic mass is 32.2. The number of benzene rings is 8. The lowest BCUT2D eigenvalue weighted by atomic mass is 9.63. The van der Waals surface area contributed by atoms with E-state index in [1.807, 2.05) is 17.8 Å². The van der Waals surface area contributed by atoms with Crippen molar-refractivity contribution in [2.75, 3.05) is 10.2 Å². The first-order valence-corrected chi connectivity index (χ1v) is 26.3. The lowest BCUT2D eigenvalue weighted by Crippen LogP contribution is -2.33. The number of hydrogen-bond acceptors (Lipinski definition) is 3. The first kappa shape index (κ1) is 45.1. The Kier molecular flexibility index (Phi) is 10.7. The summed E-state index contributed by atoms with van der Waals surface area (Å²) in [6.45, 7) is 23.1. The van der Waals surface area contributed by atoms with Crippen molar-refractivity contribution < 1.29 is 0 Å². The van der Waals surface area contributed by atoms with Crippen LogP contribution in [0.5, 0.6) is 0 Å². The SMILES string of the molecule is C=C/C=C\C1=C(C)N(c2ccccc2C2(C)c3ccccc3-c3ccccc32)c2c3c(cc(-c4ccc(C)c(-c5ccccc5C)c4Nc4ccc5c(c4)C(C)(C)CCC5(C)C)c2S1)-c1ccccc1C3. The molecule has 4 aliphatic rings. The lowest BCUT2D eigenvalue weighted by molar-refractivity contribution is 0.332. The first-order chi connectivity index (χ1) is 34.3. The quantitative estimate of drug-likeness (QED) is 0.153. The summed E-state index contributed by atoms with van der Waals surface area (Å²) >= 11 is 1.90. The third-order valence-corrected chi connectivity index (χ3v) is 18.0. The van der Waals surface area contributed by atoms with E-state index < -0.39 is 5.41 Å². The summed E-state index contributed by atoms with van der Waals surface area (Å²) in [7, 11) is 0. The molecule has 12 rings (SSSR count). The highest BCUT2D eigenvalue weighted by Gasteiger charge is 2.44. The second-order valence-electron chi connectivity index (χ2n) is 21.8. The van der Waals surface area contributed by atoms with Crippen molar-refractivity contribution in [3.05, 3.63) is 243 Å². The Hall–Kier alpha value is -7.07. The molecule has 0 saturated heterocycles. The largest absolute Gasteiger partial charge is 0.354 e. The standard InChI is InChI=1S/C68H62N2S/c1-10-11-32-61-44(4)70(60-31-21-20-30-58(60)68(9)55-28-18-16-26-49(55)50-27-17-19-29-56(50)68)64-53-39-45-23-13-15-25-48(45)52(53)41-54(65(64)71-61)51-35-33-43(3)62(47-24-14-12-22-42(47)2)63(51)69-46-34-36-57-59(40-46)67(7,8)38-37-66(57,5)6/h10-36,40-41,69H,1,37-39H2,2-9H3/b32-11-. The second kappa shape index (κ2) is 16.8. The Morgan fingerprint density at radius 3 is 1.87 bits per heavy atom. The Bertz CT molecular complexity index is 3550. The molecule has 8 aromatic rings. The van der Waals surface area contributed by atoms with Crippen LogP contribution in [0.15, 0.2) is 198 Å². The van der Waals surface area contributed by atoms with Crippen LogP contribution in [0.1, 0.15) is 104 Å². The summed E-state index contributed by atoms with van der Waals surface area (Å²) in [5.74, 6) is 0. The van der Waals surface area contributed by atoms with Crippen molar-refractivity contribution in [3.63, 3.8) is 0 Å². The number of fused-ring (bicyclic) bond motifs is 9. The lowest BCUT2D eigenvalue weighted by Gasteiger charge is -2.42. The van der Waals surface area contributed by atoms with Crippen molar-refractivity contribution in [3.8, 4) is 44.5 Å². The van der Waals surface area contributed by atoms with Gasteiger partial charge in [-0.25, -0.2) is 0 Å². The molecule has 0 atom stereocenters. The fraction of sp³-hybridized carbons (Fsp3) is 0.206. The Morgan fingerprint density at radius 2 is 1.17 bits per heavy atom. The van der Waals surface area contributed by atoms with Crippen LogP contribution in [0.3, 0.4) is 0 Å². The van der Waals surface area contributed by atoms with E-state index in [1.54, 1.807) is 0 Å². The smallest absolute Gasteiger partial charge is 0.0646 e. The van der Waals surface area contributed by atoms with E-state index in [2.05, 4.69) is 242 Å². The number of anilines is 4. The van der Waals surface area contributed by atoms with Crippen molar-refractivity contribution in [1.29, 1.82) is 0 Å². The summed E-state index contributed by atoms with van der Waals surface area (Å²) in [5.41, 5.74) is 27.9. The van der Waals surface area contributed by atoms with Gasteiger partial charge in [0.15, 0.2) is 0 Å². The maximum Gasteiger partial charge on any atom is 0.0646 e. The molecule has 3 heteroatoms. The van der Waals surface area contributed by atoms with Gasteiger partial charge in [0.05, 0.1) is 17.1 Å². The predicted molar refractivity (Wildman–Crippen MR) is 304 cm³/mol. The predicted octanol–water partition coefficient (Wildman–Crippen LogP) is 18.9. The van der Waals surface area contributed by atoms with Crippen LogP contribution in [-0.2, 0) is 22.7 Å². The normalized spacial score (nSPS) is 16.5. The minimum Gasteiger partial charge on any atom is -0.354 e. The molecule has 8 aromatic carbocycles. The van der Waals surface area contributed by atoms with Gasteiger partial charge in [-0.1, -0.05) is 192 Å². The van der Waals surface area contributed by atoms with Gasteiger partial charge in [-0.15, -0.1) is 0 Å². The molecule has 0 spiro atoms. The molecule has 0 radical (unpaired) electrons. The molecule has 71 heavy (non-hydrogen) atoms. The molecule has 0 bridgehead atoms. The van der Waals surface area contributed by atoms with Gasteiger partial charge in [-0.2, -0.15) is 0 Å². The van der Waals surface area contributed by atoms with Crippen molar-refractivity contribution in [2.45, 2.75) is 95.8 Å². The van der Waals surface area contributed by atoms with Gasteiger partial charge in [-0.05, 0) is 160 Å². The number of para-hydroxylation sites is 1. The van der Waals surface area contributed by atoms with Crippen LogP contribution < -0.4 is 10.2 Å². The van der Waals surface area contributed by atoms with Gasteiger partial charge < -0.3 is 10.2 Å². The van der Waals surface area contributed by atoms with Crippen LogP contribution in [0.4, 0.5) is 22.7 Å². The minimum absolute atomic E-state index is 0.0684. The van der Waals surface area contributed by atoms with Crippen LogP contribution in [-0.4, -0.2) is 0 Å². The Labute approximate surface area is 425 Å². The Morgan fingerprint density at radius 1 is 0.549 bits per heavy atom. The average Bonchev–Trinajstić information content (AvgIpc) is 3.88. The van der Waals surface area contributed by atoms with Gasteiger partial charge in [0.1, 0.15) is 0 Å². The van der Waals surface area contributed by atoms with Gasteiger partial charge in [-0.3, -0.25) is 0 Å². The van der Waals surface area contributed by atoms with Gasteiger partial charge >= 0.3 is 0 Å². The summed E-state index contributed by atoms with van der Waals surface area (Å²) in [6, 6.07) is 59.8. The highest BCUT2D eigenvalue weighted by Crippen LogP contribution is 2.61. The Balaban J connectivity index is 1.16. The summed E-state index contributed by atoms with van der Waals surface area (Å²) < 4.78 is 0. The molecular weight excluding hydrogens is 877 g/mol. The third kappa shape index (κ3) is 6.98. The monoisotopic (exact) mass is 938 g/mol. The molecule has 350 valence electrons. The van der Waals surface area contributed by atoms with E-state index >= 15 is 0 Å². The number of rotatable bonds is 8. The number of nitrogens with one attached hydrogen (secondary N) is 1. The summed E-state index contributed by atoms with van der Waals surface area (Å²) in [5, 5.41) is 4.22. The van der Waals surface area contributed by atoms with E-state index in [1.165, 1.54) is 128 Å². The molecule has 3 aliphatic carbocycles. The summed E-state index contributed by atoms with van der Waals surface area (Å²) in [4.78, 5) is 5.10. The first-order valence-electron chi connectivity index (χ1n) is 25.5. The molecule has 0 fully saturated rings. The van der Waals surface area contributed by atoms with E-state index in [4.69, 9.17) is 0 Å². The molecule has 2 nitrogen and oxygen atoms in total. The van der Waals surface area contributed by atoms with Gasteiger partial charge in [0.25, 0.3) is 0 Å². The van der Waals surface area contributed by atoms with Crippen molar-refractivity contribution >= 4 is 34.5 Å². The molecular formula is C68H62N2S. The zero-order valence-electron chi connectivity index (χ0n) is 42.4. The van der Waals surface area contributed by atoms with Crippen LogP contribution in [0.25, 0.3) is 44.5 Å². The van der Waals surface area contributed by atoms with E-state index in [-0.39, 0.29) is 10.8 Å². The number of hydrogen-bond donors (Lipinski definition) is 1. The van der Waals surface area contributed by atoms with Gasteiger partial charge in [0, 0.05) is 49.7 Å². The minimum atomic E-state index is -0.412. The number of thioether (sulfide) groups is 1. The number of nitrogens with zero attached hydrogens (tertiary/aromatic N) is 1. The third-order valence-electron chi connectivity index (χ3n) is 16.7. The summed E-state index contributed by atoms with van der Waals surface area (Å²) in [6.07, 6.45) is 9.47. The number of allylic oxidation sites excluding steroid dienone is 4. The number of aryl methyl sites for hydroxylation is 2. The zero-order chi connectivity index (χ0) is 49.0. The second-order valence-corrected chi connectivity index (χ2v) is 22.9. The zero-order valence-corrected chi connectivity index (χ0v) is 43.2. The van der Waals surface area contributed by atoms with E-state index in [9.17, 15) is 0 Å². The molecule has 0 unspecified atom stereocenters. The molecule has 0 aromatic heterocycles. The maximum absolute atomic E-state index is 4.22. The van der Waals surface area contributed by atoms with E-state index in [0.717, 1.165) is 24.2 Å². The highest BCUT2D eigenvalue weighted by molar-refractivity contribution is 8.03. The molecule has 1 aliphatic heterocycles. The van der Waals surface area contributed by atoms with Crippen LogP contribution in [0, 0.1) is 13.8 Å². The molecule has 1 N–H and O–H groups in total. The van der Waals surface area contributed by atoms with Crippen molar-refractivity contribution in [1.82, 2.24) is 0 Å². The topological polar surface area (TPSA) is 15.3 Å².